The summed E-state index contributed by atoms with van der Waals surface area (Å²) in [6, 6.07) is -0.113. The Hall–Kier alpha value is -0.320. The molecule has 1 nitrogen and oxygen atoms in total. The summed E-state index contributed by atoms with van der Waals surface area (Å²) in [4.78, 5) is 0. The Bertz CT molecular complexity index is 213. The molecule has 0 radical (unpaired) electrons. The predicted molar refractivity (Wildman–Crippen MR) is 59.6 cm³/mol. The molecule has 0 unspecified atom stereocenters. The van der Waals surface area contributed by atoms with Gasteiger partial charge in [0.05, 0.1) is 6.54 Å². The highest BCUT2D eigenvalue weighted by Crippen LogP contribution is 2.27. The molecule has 1 saturated carbocycles. The minimum Gasteiger partial charge on any atom is -0.308 e. The van der Waals surface area contributed by atoms with Crippen molar-refractivity contribution >= 4 is 0 Å². The van der Waals surface area contributed by atoms with Gasteiger partial charge in [0.2, 0.25) is 0 Å². The first-order valence-corrected chi connectivity index (χ1v) is 6.33. The van der Waals surface area contributed by atoms with Gasteiger partial charge in [-0.05, 0) is 25.7 Å². The molecule has 102 valence electrons. The van der Waals surface area contributed by atoms with E-state index < -0.39 is 18.9 Å². The number of alkyl halides is 4. The minimum absolute atomic E-state index is 0.113. The maximum Gasteiger partial charge on any atom is 0.319 e. The number of halogens is 4. The van der Waals surface area contributed by atoms with E-state index in [9.17, 15) is 17.6 Å². The van der Waals surface area contributed by atoms with Crippen molar-refractivity contribution in [2.24, 2.45) is 5.92 Å². The van der Waals surface area contributed by atoms with Crippen molar-refractivity contribution in [3.05, 3.63) is 0 Å². The highest BCUT2D eigenvalue weighted by atomic mass is 19.3. The second kappa shape index (κ2) is 6.57. The van der Waals surface area contributed by atoms with E-state index in [0.29, 0.717) is 5.92 Å². The fourth-order valence-electron chi connectivity index (χ4n) is 2.35. The maximum absolute atomic E-state index is 12.7. The highest BCUT2D eigenvalue weighted by molar-refractivity contribution is 4.79. The van der Waals surface area contributed by atoms with Crippen LogP contribution < -0.4 is 5.32 Å². The van der Waals surface area contributed by atoms with Gasteiger partial charge in [-0.3, -0.25) is 0 Å². The molecule has 0 aliphatic heterocycles. The summed E-state index contributed by atoms with van der Waals surface area (Å²) < 4.78 is 49.4. The molecule has 0 aromatic rings. The number of nitrogens with one attached hydrogen (secondary N) is 1. The topological polar surface area (TPSA) is 12.0 Å². The molecule has 1 N–H and O–H groups in total. The largest absolute Gasteiger partial charge is 0.319 e. The van der Waals surface area contributed by atoms with Gasteiger partial charge in [-0.25, -0.2) is 8.78 Å². The van der Waals surface area contributed by atoms with Crippen molar-refractivity contribution < 1.29 is 17.6 Å². The van der Waals surface area contributed by atoms with Gasteiger partial charge >= 0.3 is 12.3 Å². The first-order chi connectivity index (χ1) is 7.93. The Morgan fingerprint density at radius 2 is 1.65 bits per heavy atom. The molecule has 0 amide bonds. The van der Waals surface area contributed by atoms with Crippen LogP contribution in [0.2, 0.25) is 0 Å². The first-order valence-electron chi connectivity index (χ1n) is 6.33. The molecule has 5 heteroatoms. The Morgan fingerprint density at radius 1 is 1.12 bits per heavy atom. The van der Waals surface area contributed by atoms with E-state index in [1.54, 1.807) is 0 Å². The third kappa shape index (κ3) is 4.82. The van der Waals surface area contributed by atoms with Gasteiger partial charge in [-0.2, -0.15) is 8.78 Å². The first kappa shape index (κ1) is 14.7. The molecule has 0 spiro atoms. The quantitative estimate of drug-likeness (QED) is 0.581. The zero-order valence-electron chi connectivity index (χ0n) is 10.2. The lowest BCUT2D eigenvalue weighted by Crippen LogP contribution is -2.44. The molecule has 17 heavy (non-hydrogen) atoms. The van der Waals surface area contributed by atoms with Crippen LogP contribution in [-0.4, -0.2) is 24.9 Å². The van der Waals surface area contributed by atoms with Gasteiger partial charge < -0.3 is 5.32 Å². The van der Waals surface area contributed by atoms with E-state index in [1.165, 1.54) is 12.8 Å². The Balaban J connectivity index is 2.35. The molecule has 0 saturated heterocycles. The van der Waals surface area contributed by atoms with Crippen molar-refractivity contribution in [2.75, 3.05) is 6.54 Å². The van der Waals surface area contributed by atoms with Crippen molar-refractivity contribution in [1.82, 2.24) is 5.32 Å². The van der Waals surface area contributed by atoms with E-state index >= 15 is 0 Å². The van der Waals surface area contributed by atoms with Gasteiger partial charge in [-0.15, -0.1) is 0 Å². The number of rotatable bonds is 5. The van der Waals surface area contributed by atoms with Crippen molar-refractivity contribution in [3.63, 3.8) is 0 Å². The molecule has 1 aliphatic carbocycles. The SMILES string of the molecule is C[C@H](NCC(F)(F)C(F)F)C1CCCCCC1. The monoisotopic (exact) mass is 255 g/mol. The average Bonchev–Trinajstić information content (AvgIpc) is 2.54. The Morgan fingerprint density at radius 3 is 2.12 bits per heavy atom. The summed E-state index contributed by atoms with van der Waals surface area (Å²) in [7, 11) is 0. The van der Waals surface area contributed by atoms with Gasteiger partial charge in [0.15, 0.2) is 0 Å². The van der Waals surface area contributed by atoms with Crippen LogP contribution in [-0.2, 0) is 0 Å². The smallest absolute Gasteiger partial charge is 0.308 e. The summed E-state index contributed by atoms with van der Waals surface area (Å²) in [6.45, 7) is 0.889. The van der Waals surface area contributed by atoms with Crippen LogP contribution in [0.3, 0.4) is 0 Å². The van der Waals surface area contributed by atoms with Gasteiger partial charge in [0, 0.05) is 6.04 Å². The van der Waals surface area contributed by atoms with E-state index in [0.717, 1.165) is 25.7 Å². The number of hydrogen-bond acceptors (Lipinski definition) is 1. The molecular weight excluding hydrogens is 234 g/mol. The van der Waals surface area contributed by atoms with E-state index in [4.69, 9.17) is 0 Å². The fraction of sp³-hybridized carbons (Fsp3) is 1.00. The van der Waals surface area contributed by atoms with E-state index in [2.05, 4.69) is 5.32 Å². The molecule has 0 aromatic heterocycles. The standard InChI is InChI=1S/C12H21F4N/c1-9(10-6-4-2-3-5-7-10)17-8-12(15,16)11(13)14/h9-11,17H,2-8H2,1H3/t9-/m0/s1. The summed E-state index contributed by atoms with van der Waals surface area (Å²) >= 11 is 0. The molecular formula is C12H21F4N. The summed E-state index contributed by atoms with van der Waals surface area (Å²) in [5.74, 6) is -3.58. The van der Waals surface area contributed by atoms with Crippen LogP contribution >= 0.6 is 0 Å². The van der Waals surface area contributed by atoms with Gasteiger partial charge in [0.1, 0.15) is 0 Å². The second-order valence-electron chi connectivity index (χ2n) is 4.98. The highest BCUT2D eigenvalue weighted by Gasteiger charge is 2.40. The third-order valence-electron chi connectivity index (χ3n) is 3.59. The second-order valence-corrected chi connectivity index (χ2v) is 4.98. The zero-order valence-corrected chi connectivity index (χ0v) is 10.2. The maximum atomic E-state index is 12.7. The van der Waals surface area contributed by atoms with Gasteiger partial charge in [0.25, 0.3) is 0 Å². The lowest BCUT2D eigenvalue weighted by molar-refractivity contribution is -0.126. The van der Waals surface area contributed by atoms with Crippen LogP contribution in [0.4, 0.5) is 17.6 Å². The van der Waals surface area contributed by atoms with Gasteiger partial charge in [-0.1, -0.05) is 25.7 Å². The molecule has 1 atom stereocenters. The minimum atomic E-state index is -3.92. The molecule has 0 bridgehead atoms. The molecule has 1 aliphatic rings. The van der Waals surface area contributed by atoms with Crippen LogP contribution in [0, 0.1) is 5.92 Å². The Labute approximate surface area is 100.0 Å². The van der Waals surface area contributed by atoms with Crippen molar-refractivity contribution in [2.45, 2.75) is 63.8 Å². The number of hydrogen-bond donors (Lipinski definition) is 1. The fourth-order valence-corrected chi connectivity index (χ4v) is 2.35. The van der Waals surface area contributed by atoms with Crippen LogP contribution in [0.15, 0.2) is 0 Å². The molecule has 0 aromatic carbocycles. The lowest BCUT2D eigenvalue weighted by atomic mass is 9.93. The normalized spacial score (nSPS) is 21.5. The van der Waals surface area contributed by atoms with Crippen LogP contribution in [0.1, 0.15) is 45.4 Å². The third-order valence-corrected chi connectivity index (χ3v) is 3.59. The summed E-state index contributed by atoms with van der Waals surface area (Å²) in [6.07, 6.45) is 3.04. The predicted octanol–water partition coefficient (Wildman–Crippen LogP) is 3.84. The van der Waals surface area contributed by atoms with Crippen LogP contribution in [0.5, 0.6) is 0 Å². The molecule has 1 rings (SSSR count). The molecule has 1 fully saturated rings. The van der Waals surface area contributed by atoms with Crippen molar-refractivity contribution in [1.29, 1.82) is 0 Å². The lowest BCUT2D eigenvalue weighted by Gasteiger charge is -2.26. The average molecular weight is 255 g/mol. The zero-order chi connectivity index (χ0) is 12.9. The summed E-state index contributed by atoms with van der Waals surface area (Å²) in [5, 5.41) is 2.57. The van der Waals surface area contributed by atoms with Crippen molar-refractivity contribution in [3.8, 4) is 0 Å². The Kier molecular flexibility index (Phi) is 5.70. The van der Waals surface area contributed by atoms with Crippen LogP contribution in [0.25, 0.3) is 0 Å². The van der Waals surface area contributed by atoms with E-state index in [1.807, 2.05) is 6.92 Å². The molecule has 0 heterocycles. The summed E-state index contributed by atoms with van der Waals surface area (Å²) in [5.41, 5.74) is 0. The van der Waals surface area contributed by atoms with E-state index in [-0.39, 0.29) is 6.04 Å².